The molecule has 1 heterocycles. The van der Waals surface area contributed by atoms with Gasteiger partial charge in [-0.05, 0) is 42.2 Å². The van der Waals surface area contributed by atoms with E-state index in [1.165, 1.54) is 24.0 Å². The second-order valence-electron chi connectivity index (χ2n) is 6.26. The predicted molar refractivity (Wildman–Crippen MR) is 111 cm³/mol. The molecule has 0 saturated heterocycles. The van der Waals surface area contributed by atoms with Gasteiger partial charge in [-0.2, -0.15) is 0 Å². The number of guanidine groups is 1. The van der Waals surface area contributed by atoms with E-state index in [1.54, 1.807) is 7.05 Å². The quantitative estimate of drug-likeness (QED) is 0.408. The van der Waals surface area contributed by atoms with Crippen LogP contribution in [0.2, 0.25) is 5.02 Å². The first kappa shape index (κ1) is 19.1. The number of nitrogens with zero attached hydrogens (tertiary/aromatic N) is 2. The van der Waals surface area contributed by atoms with Crippen LogP contribution in [0, 0.1) is 0 Å². The fourth-order valence-corrected chi connectivity index (χ4v) is 3.05. The van der Waals surface area contributed by atoms with Crippen LogP contribution in [0.25, 0.3) is 0 Å². The van der Waals surface area contributed by atoms with Crippen LogP contribution < -0.4 is 10.6 Å². The third-order valence-electron chi connectivity index (χ3n) is 4.46. The molecule has 1 aliphatic carbocycles. The van der Waals surface area contributed by atoms with Crippen molar-refractivity contribution in [2.24, 2.45) is 12.0 Å². The van der Waals surface area contributed by atoms with E-state index in [4.69, 9.17) is 11.6 Å². The zero-order chi connectivity index (χ0) is 16.3. The van der Waals surface area contributed by atoms with Gasteiger partial charge in [0.15, 0.2) is 5.96 Å². The summed E-state index contributed by atoms with van der Waals surface area (Å²) >= 11 is 6.13. The van der Waals surface area contributed by atoms with Crippen molar-refractivity contribution in [2.45, 2.75) is 24.8 Å². The lowest BCUT2D eigenvalue weighted by Gasteiger charge is -2.19. The van der Waals surface area contributed by atoms with Gasteiger partial charge >= 0.3 is 0 Å². The Labute approximate surface area is 165 Å². The molecule has 0 amide bonds. The van der Waals surface area contributed by atoms with Gasteiger partial charge in [0, 0.05) is 50.0 Å². The van der Waals surface area contributed by atoms with Crippen molar-refractivity contribution in [1.82, 2.24) is 15.2 Å². The molecule has 1 aromatic carbocycles. The summed E-state index contributed by atoms with van der Waals surface area (Å²) in [6, 6.07) is 10.3. The third-order valence-corrected chi connectivity index (χ3v) is 4.70. The van der Waals surface area contributed by atoms with Gasteiger partial charge in [-0.3, -0.25) is 4.99 Å². The standard InChI is InChI=1S/C18H23ClN4.HI/c1-20-17(21-11-14-6-9-23(2)12-14)22-13-18(7-8-18)15-4-3-5-16(19)10-15;/h3-6,9-10,12H,7-8,11,13H2,1-2H3,(H2,20,21,22);1H. The molecule has 3 rings (SSSR count). The van der Waals surface area contributed by atoms with Crippen LogP contribution in [0.15, 0.2) is 47.7 Å². The molecule has 1 fully saturated rings. The van der Waals surface area contributed by atoms with E-state index in [0.717, 1.165) is 24.1 Å². The fraction of sp³-hybridized carbons (Fsp3) is 0.389. The number of rotatable bonds is 5. The Balaban J connectivity index is 0.00000208. The summed E-state index contributed by atoms with van der Waals surface area (Å²) in [7, 11) is 3.83. The van der Waals surface area contributed by atoms with E-state index in [1.807, 2.05) is 29.9 Å². The van der Waals surface area contributed by atoms with Crippen LogP contribution in [-0.2, 0) is 19.0 Å². The number of halogens is 2. The lowest BCUT2D eigenvalue weighted by atomic mass is 9.96. The molecule has 1 aliphatic rings. The first-order valence-electron chi connectivity index (χ1n) is 7.93. The molecule has 24 heavy (non-hydrogen) atoms. The van der Waals surface area contributed by atoms with E-state index in [9.17, 15) is 0 Å². The zero-order valence-corrected chi connectivity index (χ0v) is 17.1. The highest BCUT2D eigenvalue weighted by Gasteiger charge is 2.44. The number of hydrogen-bond acceptors (Lipinski definition) is 1. The van der Waals surface area contributed by atoms with Crippen LogP contribution in [0.3, 0.4) is 0 Å². The monoisotopic (exact) mass is 458 g/mol. The van der Waals surface area contributed by atoms with Gasteiger partial charge in [-0.15, -0.1) is 24.0 Å². The van der Waals surface area contributed by atoms with E-state index >= 15 is 0 Å². The first-order chi connectivity index (χ1) is 11.1. The molecule has 0 unspecified atom stereocenters. The van der Waals surface area contributed by atoms with E-state index < -0.39 is 0 Å². The second-order valence-corrected chi connectivity index (χ2v) is 6.69. The zero-order valence-electron chi connectivity index (χ0n) is 14.1. The number of aryl methyl sites for hydroxylation is 1. The molecule has 2 N–H and O–H groups in total. The van der Waals surface area contributed by atoms with Crippen LogP contribution in [0.1, 0.15) is 24.0 Å². The van der Waals surface area contributed by atoms with E-state index in [-0.39, 0.29) is 29.4 Å². The smallest absolute Gasteiger partial charge is 0.191 e. The molecular formula is C18H24ClIN4. The molecule has 4 nitrogen and oxygen atoms in total. The molecule has 1 aromatic heterocycles. The van der Waals surface area contributed by atoms with Gasteiger partial charge in [-0.25, -0.2) is 0 Å². The average molecular weight is 459 g/mol. The Morgan fingerprint density at radius 3 is 2.67 bits per heavy atom. The van der Waals surface area contributed by atoms with E-state index in [0.29, 0.717) is 0 Å². The Morgan fingerprint density at radius 1 is 1.29 bits per heavy atom. The number of nitrogens with one attached hydrogen (secondary N) is 2. The summed E-state index contributed by atoms with van der Waals surface area (Å²) in [5.74, 6) is 0.835. The lowest BCUT2D eigenvalue weighted by Crippen LogP contribution is -2.40. The largest absolute Gasteiger partial charge is 0.357 e. The van der Waals surface area contributed by atoms with Crippen molar-refractivity contribution >= 4 is 41.5 Å². The Morgan fingerprint density at radius 2 is 2.08 bits per heavy atom. The number of aromatic nitrogens is 1. The highest BCUT2D eigenvalue weighted by atomic mass is 127. The summed E-state index contributed by atoms with van der Waals surface area (Å²) in [5.41, 5.74) is 2.76. The molecule has 0 spiro atoms. The van der Waals surface area contributed by atoms with Crippen molar-refractivity contribution in [1.29, 1.82) is 0 Å². The van der Waals surface area contributed by atoms with Crippen LogP contribution in [-0.4, -0.2) is 24.1 Å². The van der Waals surface area contributed by atoms with Crippen molar-refractivity contribution in [3.63, 3.8) is 0 Å². The van der Waals surface area contributed by atoms with Gasteiger partial charge in [-0.1, -0.05) is 23.7 Å². The summed E-state index contributed by atoms with van der Waals surface area (Å²) in [6.45, 7) is 1.65. The molecule has 130 valence electrons. The molecule has 0 aliphatic heterocycles. The Bertz CT molecular complexity index is 707. The van der Waals surface area contributed by atoms with Crippen LogP contribution >= 0.6 is 35.6 Å². The van der Waals surface area contributed by atoms with Crippen molar-refractivity contribution in [3.05, 3.63) is 58.9 Å². The highest BCUT2D eigenvalue weighted by Crippen LogP contribution is 2.48. The Hall–Kier alpha value is -1.21. The summed E-state index contributed by atoms with van der Waals surface area (Å²) in [6.07, 6.45) is 6.53. The minimum absolute atomic E-state index is 0. The third kappa shape index (κ3) is 4.66. The number of hydrogen-bond donors (Lipinski definition) is 2. The highest BCUT2D eigenvalue weighted by molar-refractivity contribution is 14.0. The van der Waals surface area contributed by atoms with Crippen molar-refractivity contribution in [3.8, 4) is 0 Å². The molecule has 6 heteroatoms. The summed E-state index contributed by atoms with van der Waals surface area (Å²) in [4.78, 5) is 4.31. The van der Waals surface area contributed by atoms with Crippen LogP contribution in [0.4, 0.5) is 0 Å². The second kappa shape index (κ2) is 8.25. The van der Waals surface area contributed by atoms with Crippen molar-refractivity contribution in [2.75, 3.05) is 13.6 Å². The van der Waals surface area contributed by atoms with Gasteiger partial charge in [0.05, 0.1) is 0 Å². The summed E-state index contributed by atoms with van der Waals surface area (Å²) < 4.78 is 2.05. The fourth-order valence-electron chi connectivity index (χ4n) is 2.86. The number of benzene rings is 1. The van der Waals surface area contributed by atoms with E-state index in [2.05, 4.69) is 40.0 Å². The average Bonchev–Trinajstić information content (AvgIpc) is 3.23. The minimum Gasteiger partial charge on any atom is -0.357 e. The van der Waals surface area contributed by atoms with Crippen LogP contribution in [0.5, 0.6) is 0 Å². The normalized spacial score (nSPS) is 15.5. The molecule has 0 bridgehead atoms. The van der Waals surface area contributed by atoms with Gasteiger partial charge < -0.3 is 15.2 Å². The topological polar surface area (TPSA) is 41.4 Å². The maximum Gasteiger partial charge on any atom is 0.191 e. The van der Waals surface area contributed by atoms with Gasteiger partial charge in [0.2, 0.25) is 0 Å². The molecule has 0 radical (unpaired) electrons. The SMILES string of the molecule is CN=C(NCc1ccn(C)c1)NCC1(c2cccc(Cl)c2)CC1.I. The minimum atomic E-state index is 0. The number of aliphatic imine (C=N–C) groups is 1. The summed E-state index contributed by atoms with van der Waals surface area (Å²) in [5, 5.41) is 7.62. The predicted octanol–water partition coefficient (Wildman–Crippen LogP) is 3.69. The molecular weight excluding hydrogens is 435 g/mol. The molecule has 1 saturated carbocycles. The first-order valence-corrected chi connectivity index (χ1v) is 8.30. The molecule has 2 aromatic rings. The molecule has 0 atom stereocenters. The lowest BCUT2D eigenvalue weighted by molar-refractivity contribution is 0.645. The van der Waals surface area contributed by atoms with Crippen molar-refractivity contribution < 1.29 is 0 Å². The van der Waals surface area contributed by atoms with Gasteiger partial charge in [0.1, 0.15) is 0 Å². The maximum atomic E-state index is 6.13. The maximum absolute atomic E-state index is 6.13. The van der Waals surface area contributed by atoms with Gasteiger partial charge in [0.25, 0.3) is 0 Å². The Kier molecular flexibility index (Phi) is 6.57.